The van der Waals surface area contributed by atoms with Crippen LogP contribution in [0.2, 0.25) is 0 Å². The maximum absolute atomic E-state index is 13.7. The van der Waals surface area contributed by atoms with E-state index in [1.165, 1.54) is 0 Å². The molecule has 8 nitrogen and oxygen atoms in total. The Morgan fingerprint density at radius 1 is 0.886 bits per heavy atom. The van der Waals surface area contributed by atoms with Gasteiger partial charge in [0.05, 0.1) is 0 Å². The van der Waals surface area contributed by atoms with Crippen LogP contribution in [0.5, 0.6) is 0 Å². The number of imide groups is 1. The van der Waals surface area contributed by atoms with Gasteiger partial charge in [-0.2, -0.15) is 0 Å². The predicted molar refractivity (Wildman–Crippen MR) is 131 cm³/mol. The lowest BCUT2D eigenvalue weighted by molar-refractivity contribution is -0.133. The molecule has 8 heteroatoms. The van der Waals surface area contributed by atoms with E-state index in [1.807, 2.05) is 18.2 Å². The van der Waals surface area contributed by atoms with E-state index in [9.17, 15) is 19.2 Å². The Bertz CT molecular complexity index is 1250. The molecule has 2 aliphatic rings. The van der Waals surface area contributed by atoms with Crippen molar-refractivity contribution in [2.45, 2.75) is 18.4 Å². The maximum Gasteiger partial charge on any atom is 0.326 e. The van der Waals surface area contributed by atoms with Crippen molar-refractivity contribution in [3.63, 3.8) is 0 Å². The summed E-state index contributed by atoms with van der Waals surface area (Å²) >= 11 is 0. The summed E-state index contributed by atoms with van der Waals surface area (Å²) in [6.07, 6.45) is 1.31. The Hall–Kier alpha value is -4.46. The Morgan fingerprint density at radius 3 is 2.14 bits per heavy atom. The molecule has 2 N–H and O–H groups in total. The monoisotopic (exact) mass is 468 g/mol. The van der Waals surface area contributed by atoms with E-state index in [0.29, 0.717) is 35.5 Å². The largest absolute Gasteiger partial charge is 0.326 e. The molecule has 3 aromatic rings. The molecule has 2 aliphatic heterocycles. The van der Waals surface area contributed by atoms with Crippen LogP contribution in [0, 0.1) is 0 Å². The van der Waals surface area contributed by atoms with E-state index < -0.39 is 29.9 Å². The smallest absolute Gasteiger partial charge is 0.324 e. The summed E-state index contributed by atoms with van der Waals surface area (Å²) < 4.78 is 0. The van der Waals surface area contributed by atoms with Gasteiger partial charge in [-0.1, -0.05) is 66.7 Å². The summed E-state index contributed by atoms with van der Waals surface area (Å²) in [6, 6.07) is 24.3. The fraction of sp³-hybridized carbons (Fsp3) is 0.185. The van der Waals surface area contributed by atoms with Crippen LogP contribution in [0.25, 0.3) is 0 Å². The number of amides is 5. The number of rotatable bonds is 6. The fourth-order valence-corrected chi connectivity index (χ4v) is 4.67. The zero-order valence-electron chi connectivity index (χ0n) is 18.9. The molecule has 35 heavy (non-hydrogen) atoms. The van der Waals surface area contributed by atoms with Crippen molar-refractivity contribution in [2.75, 3.05) is 23.3 Å². The van der Waals surface area contributed by atoms with Crippen LogP contribution in [-0.2, 0) is 19.9 Å². The summed E-state index contributed by atoms with van der Waals surface area (Å²) in [5, 5.41) is 5.58. The van der Waals surface area contributed by atoms with E-state index in [2.05, 4.69) is 10.6 Å². The molecule has 5 amide bonds. The Balaban J connectivity index is 1.38. The molecule has 0 aromatic heterocycles. The summed E-state index contributed by atoms with van der Waals surface area (Å²) in [5.41, 5.74) is 0.977. The SMILES string of the molecule is O=C(CN1C(=O)NC(c2ccccc2)(c2ccccc2)C1=O)Nc1cccc(N2CCCC2=O)c1. The number of hydrogen-bond donors (Lipinski definition) is 2. The lowest BCUT2D eigenvalue weighted by Crippen LogP contribution is -2.45. The van der Waals surface area contributed by atoms with Gasteiger partial charge in [-0.3, -0.25) is 19.3 Å². The first-order valence-electron chi connectivity index (χ1n) is 11.4. The minimum Gasteiger partial charge on any atom is -0.324 e. The van der Waals surface area contributed by atoms with E-state index in [4.69, 9.17) is 0 Å². The van der Waals surface area contributed by atoms with Gasteiger partial charge in [0.1, 0.15) is 6.54 Å². The first-order valence-corrected chi connectivity index (χ1v) is 11.4. The zero-order chi connectivity index (χ0) is 24.4. The highest BCUT2D eigenvalue weighted by atomic mass is 16.2. The third kappa shape index (κ3) is 4.03. The van der Waals surface area contributed by atoms with Gasteiger partial charge in [0, 0.05) is 24.3 Å². The first kappa shape index (κ1) is 22.3. The van der Waals surface area contributed by atoms with Gasteiger partial charge < -0.3 is 15.5 Å². The minimum absolute atomic E-state index is 0.0472. The topological polar surface area (TPSA) is 98.8 Å². The molecule has 176 valence electrons. The number of urea groups is 1. The third-order valence-corrected chi connectivity index (χ3v) is 6.34. The highest BCUT2D eigenvalue weighted by Crippen LogP contribution is 2.36. The van der Waals surface area contributed by atoms with Gasteiger partial charge in [-0.05, 0) is 35.7 Å². The van der Waals surface area contributed by atoms with E-state index in [1.54, 1.807) is 71.6 Å². The van der Waals surface area contributed by atoms with Crippen molar-refractivity contribution in [3.05, 3.63) is 96.1 Å². The van der Waals surface area contributed by atoms with Crippen molar-refractivity contribution in [2.24, 2.45) is 0 Å². The van der Waals surface area contributed by atoms with Gasteiger partial charge in [-0.15, -0.1) is 0 Å². The van der Waals surface area contributed by atoms with E-state index in [0.717, 1.165) is 11.3 Å². The molecule has 0 bridgehead atoms. The summed E-state index contributed by atoms with van der Waals surface area (Å²) in [4.78, 5) is 54.2. The first-order chi connectivity index (χ1) is 17.0. The zero-order valence-corrected chi connectivity index (χ0v) is 18.9. The lowest BCUT2D eigenvalue weighted by atomic mass is 9.82. The average molecular weight is 469 g/mol. The van der Waals surface area contributed by atoms with Crippen LogP contribution in [0.15, 0.2) is 84.9 Å². The molecular formula is C27H24N4O4. The molecule has 0 atom stereocenters. The Kier molecular flexibility index (Phi) is 5.78. The van der Waals surface area contributed by atoms with Gasteiger partial charge in [-0.25, -0.2) is 4.79 Å². The third-order valence-electron chi connectivity index (χ3n) is 6.34. The molecule has 3 aromatic carbocycles. The molecule has 0 spiro atoms. The van der Waals surface area contributed by atoms with Crippen LogP contribution >= 0.6 is 0 Å². The average Bonchev–Trinajstić information content (AvgIpc) is 3.42. The van der Waals surface area contributed by atoms with Crippen LogP contribution in [0.1, 0.15) is 24.0 Å². The standard InChI is InChI=1S/C27H24N4O4/c32-23(28-21-13-7-14-22(17-21)30-16-8-15-24(30)33)18-31-25(34)27(29-26(31)35,19-9-3-1-4-10-19)20-11-5-2-6-12-20/h1-7,9-14,17H,8,15-16,18H2,(H,28,32)(H,29,35). The number of carbonyl (C=O) groups excluding carboxylic acids is 4. The second kappa shape index (κ2) is 9.06. The van der Waals surface area contributed by atoms with Crippen molar-refractivity contribution >= 4 is 35.1 Å². The van der Waals surface area contributed by atoms with Crippen LogP contribution in [-0.4, -0.2) is 41.7 Å². The summed E-state index contributed by atoms with van der Waals surface area (Å²) in [5.74, 6) is -0.993. The Morgan fingerprint density at radius 2 is 1.54 bits per heavy atom. The van der Waals surface area contributed by atoms with Crippen molar-refractivity contribution in [1.29, 1.82) is 0 Å². The highest BCUT2D eigenvalue weighted by molar-refractivity contribution is 6.12. The van der Waals surface area contributed by atoms with Crippen LogP contribution in [0.3, 0.4) is 0 Å². The van der Waals surface area contributed by atoms with Gasteiger partial charge in [0.2, 0.25) is 11.8 Å². The number of benzene rings is 3. The molecule has 2 heterocycles. The molecule has 0 radical (unpaired) electrons. The number of nitrogens with one attached hydrogen (secondary N) is 2. The molecular weight excluding hydrogens is 444 g/mol. The number of hydrogen-bond acceptors (Lipinski definition) is 4. The molecule has 2 fully saturated rings. The molecule has 2 saturated heterocycles. The maximum atomic E-state index is 13.7. The minimum atomic E-state index is -1.42. The molecule has 5 rings (SSSR count). The van der Waals surface area contributed by atoms with E-state index in [-0.39, 0.29) is 5.91 Å². The molecule has 0 unspecified atom stereocenters. The quantitative estimate of drug-likeness (QED) is 0.543. The number of anilines is 2. The Labute approximate surface area is 202 Å². The second-order valence-electron chi connectivity index (χ2n) is 8.55. The summed E-state index contributed by atoms with van der Waals surface area (Å²) in [7, 11) is 0. The fourth-order valence-electron chi connectivity index (χ4n) is 4.67. The molecule has 0 aliphatic carbocycles. The predicted octanol–water partition coefficient (Wildman–Crippen LogP) is 3.25. The number of carbonyl (C=O) groups is 4. The van der Waals surface area contributed by atoms with Gasteiger partial charge in [0.25, 0.3) is 5.91 Å². The van der Waals surface area contributed by atoms with E-state index >= 15 is 0 Å². The second-order valence-corrected chi connectivity index (χ2v) is 8.55. The van der Waals surface area contributed by atoms with Crippen LogP contribution < -0.4 is 15.5 Å². The lowest BCUT2D eigenvalue weighted by Gasteiger charge is -2.28. The van der Waals surface area contributed by atoms with Crippen molar-refractivity contribution in [3.8, 4) is 0 Å². The van der Waals surface area contributed by atoms with Gasteiger partial charge >= 0.3 is 6.03 Å². The summed E-state index contributed by atoms with van der Waals surface area (Å²) in [6.45, 7) is 0.193. The van der Waals surface area contributed by atoms with Crippen LogP contribution in [0.4, 0.5) is 16.2 Å². The normalized spacial score (nSPS) is 17.0. The van der Waals surface area contributed by atoms with Crippen molar-refractivity contribution in [1.82, 2.24) is 10.2 Å². The highest BCUT2D eigenvalue weighted by Gasteiger charge is 2.54. The van der Waals surface area contributed by atoms with Crippen molar-refractivity contribution < 1.29 is 19.2 Å². The van der Waals surface area contributed by atoms with Gasteiger partial charge in [0.15, 0.2) is 5.54 Å². The molecule has 0 saturated carbocycles. The number of nitrogens with zero attached hydrogens (tertiary/aromatic N) is 2.